The molecule has 0 amide bonds. The maximum atomic E-state index is 12.6. The number of anilines is 1. The van der Waals surface area contributed by atoms with Gasteiger partial charge in [-0.1, -0.05) is 38.1 Å². The first-order valence-corrected chi connectivity index (χ1v) is 9.02. The van der Waals surface area contributed by atoms with E-state index in [9.17, 15) is 8.42 Å². The second-order valence-electron chi connectivity index (χ2n) is 5.69. The highest BCUT2D eigenvalue weighted by atomic mass is 32.2. The van der Waals surface area contributed by atoms with Crippen LogP contribution in [0.25, 0.3) is 5.69 Å². The highest BCUT2D eigenvalue weighted by molar-refractivity contribution is 7.92. The van der Waals surface area contributed by atoms with Crippen LogP contribution in [-0.4, -0.2) is 23.2 Å². The number of nitrogens with zero attached hydrogens (tertiary/aromatic N) is 3. The fraction of sp³-hybridized carbons (Fsp3) is 0.176. The summed E-state index contributed by atoms with van der Waals surface area (Å²) in [5, 5.41) is 4.05. The summed E-state index contributed by atoms with van der Waals surface area (Å²) in [6.45, 7) is 4.13. The summed E-state index contributed by atoms with van der Waals surface area (Å²) >= 11 is 0. The second-order valence-corrected chi connectivity index (χ2v) is 7.37. The van der Waals surface area contributed by atoms with Gasteiger partial charge in [0.25, 0.3) is 10.0 Å². The Morgan fingerprint density at radius 2 is 1.75 bits per heavy atom. The van der Waals surface area contributed by atoms with Crippen LogP contribution in [0.5, 0.6) is 0 Å². The molecule has 1 N–H and O–H groups in total. The van der Waals surface area contributed by atoms with Crippen LogP contribution in [0.15, 0.2) is 66.1 Å². The van der Waals surface area contributed by atoms with Gasteiger partial charge in [-0.15, -0.1) is 0 Å². The van der Waals surface area contributed by atoms with E-state index in [-0.39, 0.29) is 4.90 Å². The van der Waals surface area contributed by atoms with Gasteiger partial charge in [0.15, 0.2) is 0 Å². The first-order chi connectivity index (χ1) is 11.5. The van der Waals surface area contributed by atoms with Crippen molar-refractivity contribution < 1.29 is 8.42 Å². The molecule has 7 heteroatoms. The number of para-hydroxylation sites is 2. The summed E-state index contributed by atoms with van der Waals surface area (Å²) in [6, 6.07) is 14.0. The zero-order valence-corrected chi connectivity index (χ0v) is 14.2. The van der Waals surface area contributed by atoms with E-state index in [0.717, 1.165) is 5.56 Å². The molecule has 3 aromatic rings. The lowest BCUT2D eigenvalue weighted by molar-refractivity contribution is 0.601. The van der Waals surface area contributed by atoms with E-state index in [1.807, 2.05) is 18.2 Å². The summed E-state index contributed by atoms with van der Waals surface area (Å²) in [5.41, 5.74) is 2.14. The SMILES string of the molecule is CC(C)c1ccc(S(=O)(=O)Nc2ccccc2-n2cncn2)cc1. The van der Waals surface area contributed by atoms with Crippen LogP contribution in [0.2, 0.25) is 0 Å². The average molecular weight is 342 g/mol. The average Bonchev–Trinajstić information content (AvgIpc) is 3.09. The van der Waals surface area contributed by atoms with Crippen LogP contribution in [0.1, 0.15) is 25.3 Å². The predicted octanol–water partition coefficient (Wildman–Crippen LogP) is 3.19. The molecule has 0 aliphatic rings. The lowest BCUT2D eigenvalue weighted by Gasteiger charge is -2.13. The third-order valence-electron chi connectivity index (χ3n) is 3.67. The number of benzene rings is 2. The first kappa shape index (κ1) is 16.2. The van der Waals surface area contributed by atoms with Gasteiger partial charge in [0.2, 0.25) is 0 Å². The molecule has 1 heterocycles. The van der Waals surface area contributed by atoms with Crippen LogP contribution in [0, 0.1) is 0 Å². The lowest BCUT2D eigenvalue weighted by Crippen LogP contribution is -2.15. The Balaban J connectivity index is 1.93. The minimum Gasteiger partial charge on any atom is -0.277 e. The van der Waals surface area contributed by atoms with Crippen molar-refractivity contribution in [2.45, 2.75) is 24.7 Å². The van der Waals surface area contributed by atoms with Gasteiger partial charge in [-0.3, -0.25) is 4.72 Å². The molecule has 0 fully saturated rings. The molecule has 0 radical (unpaired) electrons. The number of aromatic nitrogens is 3. The third-order valence-corrected chi connectivity index (χ3v) is 5.05. The van der Waals surface area contributed by atoms with Gasteiger partial charge in [0.05, 0.1) is 16.3 Å². The van der Waals surface area contributed by atoms with E-state index in [0.29, 0.717) is 17.3 Å². The maximum absolute atomic E-state index is 12.6. The topological polar surface area (TPSA) is 76.9 Å². The van der Waals surface area contributed by atoms with Crippen molar-refractivity contribution in [3.05, 3.63) is 66.7 Å². The van der Waals surface area contributed by atoms with Crippen LogP contribution in [0.3, 0.4) is 0 Å². The first-order valence-electron chi connectivity index (χ1n) is 7.54. The Hall–Kier alpha value is -2.67. The molecule has 124 valence electrons. The lowest BCUT2D eigenvalue weighted by atomic mass is 10.0. The van der Waals surface area contributed by atoms with E-state index in [2.05, 4.69) is 28.7 Å². The number of nitrogens with one attached hydrogen (secondary N) is 1. The van der Waals surface area contributed by atoms with Gasteiger partial charge >= 0.3 is 0 Å². The Bertz CT molecular complexity index is 917. The molecule has 24 heavy (non-hydrogen) atoms. The molecule has 0 atom stereocenters. The molecule has 3 rings (SSSR count). The number of sulfonamides is 1. The minimum absolute atomic E-state index is 0.222. The van der Waals surface area contributed by atoms with Crippen LogP contribution in [0.4, 0.5) is 5.69 Å². The third kappa shape index (κ3) is 3.30. The standard InChI is InChI=1S/C17H18N4O2S/c1-13(2)14-7-9-15(10-8-14)24(22,23)20-16-5-3-4-6-17(16)21-12-18-11-19-21/h3-13,20H,1-2H3. The molecule has 0 aliphatic carbocycles. The summed E-state index contributed by atoms with van der Waals surface area (Å²) in [6.07, 6.45) is 2.92. The van der Waals surface area contributed by atoms with E-state index < -0.39 is 10.0 Å². The van der Waals surface area contributed by atoms with Gasteiger partial charge in [0.1, 0.15) is 12.7 Å². The molecule has 0 saturated heterocycles. The summed E-state index contributed by atoms with van der Waals surface area (Å²) < 4.78 is 29.4. The Morgan fingerprint density at radius 3 is 2.38 bits per heavy atom. The van der Waals surface area contributed by atoms with E-state index in [1.165, 1.54) is 17.3 Å². The fourth-order valence-electron chi connectivity index (χ4n) is 2.33. The van der Waals surface area contributed by atoms with Crippen LogP contribution >= 0.6 is 0 Å². The summed E-state index contributed by atoms with van der Waals surface area (Å²) in [7, 11) is -3.68. The Morgan fingerprint density at radius 1 is 1.04 bits per heavy atom. The molecule has 0 aliphatic heterocycles. The molecule has 0 bridgehead atoms. The maximum Gasteiger partial charge on any atom is 0.261 e. The number of rotatable bonds is 5. The van der Waals surface area contributed by atoms with Gasteiger partial charge in [-0.25, -0.2) is 18.1 Å². The van der Waals surface area contributed by atoms with Crippen molar-refractivity contribution in [3.63, 3.8) is 0 Å². The monoisotopic (exact) mass is 342 g/mol. The van der Waals surface area contributed by atoms with Gasteiger partial charge in [-0.05, 0) is 35.7 Å². The van der Waals surface area contributed by atoms with Crippen LogP contribution < -0.4 is 4.72 Å². The smallest absolute Gasteiger partial charge is 0.261 e. The molecule has 0 spiro atoms. The van der Waals surface area contributed by atoms with Crippen molar-refractivity contribution in [1.82, 2.24) is 14.8 Å². The predicted molar refractivity (Wildman–Crippen MR) is 92.7 cm³/mol. The Labute approximate surface area is 141 Å². The van der Waals surface area contributed by atoms with E-state index in [1.54, 1.807) is 30.3 Å². The second kappa shape index (κ2) is 6.45. The highest BCUT2D eigenvalue weighted by Gasteiger charge is 2.17. The molecular weight excluding hydrogens is 324 g/mol. The molecule has 0 unspecified atom stereocenters. The molecule has 6 nitrogen and oxygen atoms in total. The molecule has 0 saturated carbocycles. The zero-order valence-electron chi connectivity index (χ0n) is 13.4. The number of hydrogen-bond donors (Lipinski definition) is 1. The molecule has 2 aromatic carbocycles. The normalized spacial score (nSPS) is 11.6. The van der Waals surface area contributed by atoms with Crippen LogP contribution in [-0.2, 0) is 10.0 Å². The number of hydrogen-bond acceptors (Lipinski definition) is 4. The van der Waals surface area contributed by atoms with Crippen molar-refractivity contribution in [2.24, 2.45) is 0 Å². The minimum atomic E-state index is -3.68. The van der Waals surface area contributed by atoms with Crippen molar-refractivity contribution in [3.8, 4) is 5.69 Å². The largest absolute Gasteiger partial charge is 0.277 e. The highest BCUT2D eigenvalue weighted by Crippen LogP contribution is 2.23. The van der Waals surface area contributed by atoms with Gasteiger partial charge < -0.3 is 0 Å². The van der Waals surface area contributed by atoms with E-state index in [4.69, 9.17) is 0 Å². The fourth-order valence-corrected chi connectivity index (χ4v) is 3.40. The molecule has 1 aromatic heterocycles. The zero-order chi connectivity index (χ0) is 17.2. The van der Waals surface area contributed by atoms with Gasteiger partial charge in [0, 0.05) is 0 Å². The van der Waals surface area contributed by atoms with Crippen molar-refractivity contribution >= 4 is 15.7 Å². The summed E-state index contributed by atoms with van der Waals surface area (Å²) in [4.78, 5) is 4.12. The van der Waals surface area contributed by atoms with Crippen molar-refractivity contribution in [1.29, 1.82) is 0 Å². The van der Waals surface area contributed by atoms with Gasteiger partial charge in [-0.2, -0.15) is 5.10 Å². The Kier molecular flexibility index (Phi) is 4.35. The van der Waals surface area contributed by atoms with Crippen molar-refractivity contribution in [2.75, 3.05) is 4.72 Å². The summed E-state index contributed by atoms with van der Waals surface area (Å²) in [5.74, 6) is 0.350. The quantitative estimate of drug-likeness (QED) is 0.772. The van der Waals surface area contributed by atoms with E-state index >= 15 is 0 Å². The molecular formula is C17H18N4O2S.